The second kappa shape index (κ2) is 6.67. The largest absolute Gasteiger partial charge is 0.314 e. The fourth-order valence-electron chi connectivity index (χ4n) is 2.53. The highest BCUT2D eigenvalue weighted by atomic mass is 16.6. The van der Waals surface area contributed by atoms with Crippen molar-refractivity contribution >= 4 is 17.3 Å². The van der Waals surface area contributed by atoms with Gasteiger partial charge in [-0.15, -0.1) is 0 Å². The highest BCUT2D eigenvalue weighted by molar-refractivity contribution is 5.96. The van der Waals surface area contributed by atoms with Gasteiger partial charge >= 0.3 is 0 Å². The Morgan fingerprint density at radius 1 is 1.38 bits per heavy atom. The van der Waals surface area contributed by atoms with Gasteiger partial charge in [0.25, 0.3) is 5.69 Å². The standard InChI is InChI=1S/C15H21N3O3/c1-11(2)16-8-3-9-17-14-6-5-13(18(20)21)10-12(14)4-7-15(17)19/h5-6,10-11,16H,3-4,7-9H2,1-2H3. The molecule has 2 rings (SSSR count). The zero-order valence-corrected chi connectivity index (χ0v) is 12.5. The minimum absolute atomic E-state index is 0.0875. The Morgan fingerprint density at radius 3 is 2.81 bits per heavy atom. The van der Waals surface area contributed by atoms with Crippen molar-refractivity contribution in [3.05, 3.63) is 33.9 Å². The average molecular weight is 291 g/mol. The third-order valence-corrected chi connectivity index (χ3v) is 3.59. The van der Waals surface area contributed by atoms with Gasteiger partial charge in [-0.05, 0) is 31.0 Å². The first-order chi connectivity index (χ1) is 9.99. The van der Waals surface area contributed by atoms with E-state index in [9.17, 15) is 14.9 Å². The maximum atomic E-state index is 12.1. The van der Waals surface area contributed by atoms with Crippen LogP contribution in [0.2, 0.25) is 0 Å². The Hall–Kier alpha value is -1.95. The van der Waals surface area contributed by atoms with Crippen LogP contribution in [0.4, 0.5) is 11.4 Å². The Bertz CT molecular complexity index is 543. The molecule has 1 aliphatic rings. The molecule has 1 aliphatic heterocycles. The van der Waals surface area contributed by atoms with E-state index in [0.717, 1.165) is 24.2 Å². The van der Waals surface area contributed by atoms with Crippen LogP contribution in [-0.2, 0) is 11.2 Å². The van der Waals surface area contributed by atoms with Crippen molar-refractivity contribution in [2.75, 3.05) is 18.0 Å². The number of amides is 1. The first-order valence-corrected chi connectivity index (χ1v) is 7.30. The molecule has 21 heavy (non-hydrogen) atoms. The summed E-state index contributed by atoms with van der Waals surface area (Å²) in [5.74, 6) is 0.0981. The van der Waals surface area contributed by atoms with Crippen LogP contribution in [-0.4, -0.2) is 30.0 Å². The molecule has 0 unspecified atom stereocenters. The van der Waals surface area contributed by atoms with E-state index in [0.29, 0.717) is 25.4 Å². The third kappa shape index (κ3) is 3.78. The molecule has 6 nitrogen and oxygen atoms in total. The van der Waals surface area contributed by atoms with Gasteiger partial charge < -0.3 is 10.2 Å². The van der Waals surface area contributed by atoms with E-state index in [-0.39, 0.29) is 11.6 Å². The number of aryl methyl sites for hydroxylation is 1. The van der Waals surface area contributed by atoms with Crippen LogP contribution >= 0.6 is 0 Å². The van der Waals surface area contributed by atoms with Gasteiger partial charge in [0.15, 0.2) is 0 Å². The highest BCUT2D eigenvalue weighted by Gasteiger charge is 2.25. The topological polar surface area (TPSA) is 75.5 Å². The summed E-state index contributed by atoms with van der Waals surface area (Å²) in [5.41, 5.74) is 1.80. The number of nitrogens with zero attached hydrogens (tertiary/aromatic N) is 2. The lowest BCUT2D eigenvalue weighted by molar-refractivity contribution is -0.384. The van der Waals surface area contributed by atoms with Gasteiger partial charge in [0.1, 0.15) is 0 Å². The minimum Gasteiger partial charge on any atom is -0.314 e. The molecule has 0 atom stereocenters. The quantitative estimate of drug-likeness (QED) is 0.495. The maximum absolute atomic E-state index is 12.1. The average Bonchev–Trinajstić information content (AvgIpc) is 2.44. The number of hydrogen-bond donors (Lipinski definition) is 1. The van der Waals surface area contributed by atoms with E-state index in [4.69, 9.17) is 0 Å². The van der Waals surface area contributed by atoms with Crippen LogP contribution in [0.25, 0.3) is 0 Å². The molecule has 0 bridgehead atoms. The predicted molar refractivity (Wildman–Crippen MR) is 81.5 cm³/mol. The first kappa shape index (κ1) is 15.4. The molecule has 0 radical (unpaired) electrons. The van der Waals surface area contributed by atoms with Crippen LogP contribution in [0.5, 0.6) is 0 Å². The number of anilines is 1. The van der Waals surface area contributed by atoms with E-state index in [2.05, 4.69) is 19.2 Å². The molecule has 114 valence electrons. The normalized spacial score (nSPS) is 14.4. The Morgan fingerprint density at radius 2 is 2.14 bits per heavy atom. The summed E-state index contributed by atoms with van der Waals surface area (Å²) in [6.45, 7) is 5.66. The number of nitrogens with one attached hydrogen (secondary N) is 1. The fraction of sp³-hybridized carbons (Fsp3) is 0.533. The first-order valence-electron chi connectivity index (χ1n) is 7.30. The summed E-state index contributed by atoms with van der Waals surface area (Å²) in [7, 11) is 0. The van der Waals surface area contributed by atoms with E-state index in [1.54, 1.807) is 17.0 Å². The lowest BCUT2D eigenvalue weighted by Gasteiger charge is -2.29. The highest BCUT2D eigenvalue weighted by Crippen LogP contribution is 2.31. The molecule has 0 saturated carbocycles. The van der Waals surface area contributed by atoms with E-state index < -0.39 is 4.92 Å². The molecule has 0 spiro atoms. The van der Waals surface area contributed by atoms with Crippen molar-refractivity contribution < 1.29 is 9.72 Å². The second-order valence-corrected chi connectivity index (χ2v) is 5.58. The molecule has 1 aromatic carbocycles. The molecule has 6 heteroatoms. The zero-order chi connectivity index (χ0) is 15.4. The van der Waals surface area contributed by atoms with Gasteiger partial charge in [-0.25, -0.2) is 0 Å². The van der Waals surface area contributed by atoms with Gasteiger partial charge in [-0.1, -0.05) is 13.8 Å². The SMILES string of the molecule is CC(C)NCCCN1C(=O)CCc2cc([N+](=O)[O-])ccc21. The van der Waals surface area contributed by atoms with Crippen LogP contribution in [0.3, 0.4) is 0 Å². The number of fused-ring (bicyclic) bond motifs is 1. The zero-order valence-electron chi connectivity index (χ0n) is 12.5. The van der Waals surface area contributed by atoms with Gasteiger partial charge in [0, 0.05) is 36.8 Å². The summed E-state index contributed by atoms with van der Waals surface area (Å²) >= 11 is 0. The monoisotopic (exact) mass is 291 g/mol. The van der Waals surface area contributed by atoms with E-state index >= 15 is 0 Å². The number of non-ortho nitro benzene ring substituents is 1. The maximum Gasteiger partial charge on any atom is 0.269 e. The number of nitro benzene ring substituents is 1. The van der Waals surface area contributed by atoms with Crippen molar-refractivity contribution in [1.29, 1.82) is 0 Å². The smallest absolute Gasteiger partial charge is 0.269 e. The third-order valence-electron chi connectivity index (χ3n) is 3.59. The molecule has 0 aromatic heterocycles. The van der Waals surface area contributed by atoms with Crippen molar-refractivity contribution in [3.8, 4) is 0 Å². The number of rotatable bonds is 6. The van der Waals surface area contributed by atoms with Gasteiger partial charge in [0.2, 0.25) is 5.91 Å². The van der Waals surface area contributed by atoms with Crippen LogP contribution in [0.15, 0.2) is 18.2 Å². The summed E-state index contributed by atoms with van der Waals surface area (Å²) < 4.78 is 0. The Kier molecular flexibility index (Phi) is 4.90. The number of carbonyl (C=O) groups is 1. The molecular weight excluding hydrogens is 270 g/mol. The molecule has 0 saturated heterocycles. The molecular formula is C15H21N3O3. The van der Waals surface area contributed by atoms with Gasteiger partial charge in [-0.2, -0.15) is 0 Å². The van der Waals surface area contributed by atoms with Crippen molar-refractivity contribution in [1.82, 2.24) is 5.32 Å². The van der Waals surface area contributed by atoms with Crippen LogP contribution in [0, 0.1) is 10.1 Å². The summed E-state index contributed by atoms with van der Waals surface area (Å²) in [6, 6.07) is 5.18. The van der Waals surface area contributed by atoms with E-state index in [1.165, 1.54) is 6.07 Å². The lowest BCUT2D eigenvalue weighted by atomic mass is 10.00. The fourth-order valence-corrected chi connectivity index (χ4v) is 2.53. The number of benzene rings is 1. The van der Waals surface area contributed by atoms with Crippen LogP contribution < -0.4 is 10.2 Å². The lowest BCUT2D eigenvalue weighted by Crippen LogP contribution is -2.37. The molecule has 0 fully saturated rings. The van der Waals surface area contributed by atoms with Crippen molar-refractivity contribution in [3.63, 3.8) is 0 Å². The minimum atomic E-state index is -0.395. The van der Waals surface area contributed by atoms with Crippen molar-refractivity contribution in [2.24, 2.45) is 0 Å². The summed E-state index contributed by atoms with van der Waals surface area (Å²) in [4.78, 5) is 24.3. The summed E-state index contributed by atoms with van der Waals surface area (Å²) in [5, 5.41) is 14.1. The van der Waals surface area contributed by atoms with Crippen molar-refractivity contribution in [2.45, 2.75) is 39.2 Å². The number of carbonyl (C=O) groups excluding carboxylic acids is 1. The van der Waals surface area contributed by atoms with E-state index in [1.807, 2.05) is 0 Å². The molecule has 0 aliphatic carbocycles. The van der Waals surface area contributed by atoms with Gasteiger partial charge in [-0.3, -0.25) is 14.9 Å². The molecule has 1 N–H and O–H groups in total. The summed E-state index contributed by atoms with van der Waals surface area (Å²) in [6.07, 6.45) is 1.86. The molecule has 1 aromatic rings. The van der Waals surface area contributed by atoms with Crippen LogP contribution in [0.1, 0.15) is 32.3 Å². The Balaban J connectivity index is 2.09. The van der Waals surface area contributed by atoms with Gasteiger partial charge in [0.05, 0.1) is 4.92 Å². The Labute approximate surface area is 124 Å². The molecule has 1 heterocycles. The number of hydrogen-bond acceptors (Lipinski definition) is 4. The number of nitro groups is 1. The second-order valence-electron chi connectivity index (χ2n) is 5.58. The predicted octanol–water partition coefficient (Wildman–Crippen LogP) is 2.26. The molecule has 1 amide bonds.